The van der Waals surface area contributed by atoms with Crippen molar-refractivity contribution in [2.45, 2.75) is 44.8 Å². The summed E-state index contributed by atoms with van der Waals surface area (Å²) in [5.41, 5.74) is 2.23. The highest BCUT2D eigenvalue weighted by Crippen LogP contribution is 2.27. The molecule has 2 aromatic heterocycles. The number of nitrogens with zero attached hydrogens (tertiary/aromatic N) is 3. The molecule has 0 spiro atoms. The van der Waals surface area contributed by atoms with Crippen LogP contribution >= 0.6 is 0 Å². The highest BCUT2D eigenvalue weighted by Gasteiger charge is 2.22. The summed E-state index contributed by atoms with van der Waals surface area (Å²) >= 11 is 0. The third kappa shape index (κ3) is 5.70. The van der Waals surface area contributed by atoms with E-state index in [1.807, 2.05) is 19.2 Å². The first kappa shape index (κ1) is 21.9. The van der Waals surface area contributed by atoms with Gasteiger partial charge in [0, 0.05) is 44.4 Å². The van der Waals surface area contributed by atoms with Crippen LogP contribution in [-0.4, -0.2) is 74.1 Å². The van der Waals surface area contributed by atoms with Gasteiger partial charge in [-0.3, -0.25) is 9.78 Å². The van der Waals surface area contributed by atoms with Crippen molar-refractivity contribution in [1.29, 1.82) is 0 Å². The van der Waals surface area contributed by atoms with E-state index in [-0.39, 0.29) is 12.0 Å². The van der Waals surface area contributed by atoms with Crippen molar-refractivity contribution in [1.82, 2.24) is 15.3 Å². The van der Waals surface area contributed by atoms with Gasteiger partial charge in [-0.1, -0.05) is 0 Å². The number of hydrogen-bond donors (Lipinski definition) is 1. The van der Waals surface area contributed by atoms with E-state index in [9.17, 15) is 4.79 Å². The van der Waals surface area contributed by atoms with Crippen molar-refractivity contribution in [2.24, 2.45) is 0 Å². The summed E-state index contributed by atoms with van der Waals surface area (Å²) in [6, 6.07) is 3.67. The lowest BCUT2D eigenvalue weighted by atomic mass is 10.1. The van der Waals surface area contributed by atoms with Crippen LogP contribution in [0.5, 0.6) is 0 Å². The maximum atomic E-state index is 12.2. The zero-order valence-corrected chi connectivity index (χ0v) is 18.2. The molecule has 8 heteroatoms. The van der Waals surface area contributed by atoms with E-state index in [0.717, 1.165) is 68.6 Å². The van der Waals surface area contributed by atoms with E-state index in [4.69, 9.17) is 14.2 Å². The predicted octanol–water partition coefficient (Wildman–Crippen LogP) is 2.56. The molecule has 0 radical (unpaired) electrons. The molecule has 0 bridgehead atoms. The molecular formula is C23H32N4O4. The van der Waals surface area contributed by atoms with Crippen LogP contribution < -0.4 is 10.2 Å². The fourth-order valence-electron chi connectivity index (χ4n) is 4.17. The van der Waals surface area contributed by atoms with Crippen LogP contribution in [0.4, 0.5) is 5.69 Å². The van der Waals surface area contributed by atoms with Gasteiger partial charge in [-0.15, -0.1) is 0 Å². The number of amides is 1. The molecule has 0 saturated carbocycles. The molecule has 0 atom stereocenters. The van der Waals surface area contributed by atoms with E-state index in [1.165, 1.54) is 0 Å². The minimum absolute atomic E-state index is 0.151. The van der Waals surface area contributed by atoms with E-state index < -0.39 is 0 Å². The first-order valence-electron chi connectivity index (χ1n) is 11.3. The van der Waals surface area contributed by atoms with Gasteiger partial charge >= 0.3 is 0 Å². The second kappa shape index (κ2) is 10.8. The molecule has 0 aromatic carbocycles. The molecule has 1 N–H and O–H groups in total. The molecule has 0 unspecified atom stereocenters. The summed E-state index contributed by atoms with van der Waals surface area (Å²) in [4.78, 5) is 23.5. The summed E-state index contributed by atoms with van der Waals surface area (Å²) < 4.78 is 17.3. The first-order valence-corrected chi connectivity index (χ1v) is 11.3. The number of anilines is 1. The molecule has 2 aliphatic rings. The minimum Gasteiger partial charge on any atom is -0.381 e. The van der Waals surface area contributed by atoms with Crippen molar-refractivity contribution >= 4 is 22.5 Å². The Balaban J connectivity index is 1.30. The molecule has 1 amide bonds. The fraction of sp³-hybridized carbons (Fsp3) is 0.609. The lowest BCUT2D eigenvalue weighted by Crippen LogP contribution is -2.37. The Morgan fingerprint density at radius 1 is 1.10 bits per heavy atom. The smallest absolute Gasteiger partial charge is 0.269 e. The van der Waals surface area contributed by atoms with Gasteiger partial charge < -0.3 is 24.4 Å². The second-order valence-electron chi connectivity index (χ2n) is 8.03. The normalized spacial score (nSPS) is 18.4. The first-order chi connectivity index (χ1) is 15.2. The van der Waals surface area contributed by atoms with Gasteiger partial charge in [-0.25, -0.2) is 4.98 Å². The number of rotatable bonds is 8. The van der Waals surface area contributed by atoms with Gasteiger partial charge in [0.05, 0.1) is 42.8 Å². The fourth-order valence-corrected chi connectivity index (χ4v) is 4.17. The topological polar surface area (TPSA) is 85.8 Å². The Morgan fingerprint density at radius 2 is 1.81 bits per heavy atom. The SMILES string of the molecule is CCNC(=O)c1ccc2cncc(N3CCC(OCCOC4CCOCC4)CC3)c2n1. The van der Waals surface area contributed by atoms with Crippen LogP contribution in [-0.2, 0) is 14.2 Å². The molecule has 168 valence electrons. The van der Waals surface area contributed by atoms with Crippen molar-refractivity contribution in [3.05, 3.63) is 30.2 Å². The van der Waals surface area contributed by atoms with E-state index in [1.54, 1.807) is 12.3 Å². The van der Waals surface area contributed by atoms with Crippen LogP contribution in [0.15, 0.2) is 24.5 Å². The number of hydrogen-bond acceptors (Lipinski definition) is 7. The van der Waals surface area contributed by atoms with E-state index in [2.05, 4.69) is 20.2 Å². The molecule has 2 aromatic rings. The number of fused-ring (bicyclic) bond motifs is 1. The number of aromatic nitrogens is 2. The Bertz CT molecular complexity index is 864. The quantitative estimate of drug-likeness (QED) is 0.647. The van der Waals surface area contributed by atoms with Crippen LogP contribution in [0.25, 0.3) is 10.9 Å². The van der Waals surface area contributed by atoms with Crippen LogP contribution in [0, 0.1) is 0 Å². The molecular weight excluding hydrogens is 396 g/mol. The average Bonchev–Trinajstić information content (AvgIpc) is 2.82. The molecule has 0 aliphatic carbocycles. The maximum Gasteiger partial charge on any atom is 0.269 e. The Kier molecular flexibility index (Phi) is 7.66. The van der Waals surface area contributed by atoms with Gasteiger partial charge in [-0.2, -0.15) is 0 Å². The lowest BCUT2D eigenvalue weighted by molar-refractivity contribution is -0.0625. The largest absolute Gasteiger partial charge is 0.381 e. The van der Waals surface area contributed by atoms with Crippen molar-refractivity contribution in [3.63, 3.8) is 0 Å². The van der Waals surface area contributed by atoms with Gasteiger partial charge in [0.2, 0.25) is 0 Å². The summed E-state index contributed by atoms with van der Waals surface area (Å²) in [6.45, 7) is 7.10. The average molecular weight is 429 g/mol. The predicted molar refractivity (Wildman–Crippen MR) is 119 cm³/mol. The molecule has 4 heterocycles. The summed E-state index contributed by atoms with van der Waals surface area (Å²) in [5, 5.41) is 3.75. The van der Waals surface area contributed by atoms with Gasteiger partial charge in [0.1, 0.15) is 5.69 Å². The number of carbonyl (C=O) groups is 1. The molecule has 8 nitrogen and oxygen atoms in total. The molecule has 2 fully saturated rings. The zero-order valence-electron chi connectivity index (χ0n) is 18.2. The number of carbonyl (C=O) groups excluding carboxylic acids is 1. The Labute approximate surface area is 183 Å². The van der Waals surface area contributed by atoms with Crippen molar-refractivity contribution in [2.75, 3.05) is 51.0 Å². The van der Waals surface area contributed by atoms with E-state index in [0.29, 0.717) is 31.6 Å². The zero-order chi connectivity index (χ0) is 21.5. The Hall–Kier alpha value is -2.29. The molecule has 2 aliphatic heterocycles. The summed E-state index contributed by atoms with van der Waals surface area (Å²) in [6.07, 6.45) is 8.06. The third-order valence-electron chi connectivity index (χ3n) is 5.89. The number of pyridine rings is 2. The minimum atomic E-state index is -0.151. The number of ether oxygens (including phenoxy) is 3. The van der Waals surface area contributed by atoms with Gasteiger partial charge in [0.15, 0.2) is 0 Å². The standard InChI is InChI=1S/C23H32N4O4/c1-2-25-23(28)20-4-3-17-15-24-16-21(22(17)26-20)27-9-5-18(6-10-27)30-13-14-31-19-7-11-29-12-8-19/h3-4,15-16,18-19H,2,5-14H2,1H3,(H,25,28). The highest BCUT2D eigenvalue weighted by atomic mass is 16.5. The summed E-state index contributed by atoms with van der Waals surface area (Å²) in [5.74, 6) is -0.151. The van der Waals surface area contributed by atoms with Gasteiger partial charge in [0.25, 0.3) is 5.91 Å². The van der Waals surface area contributed by atoms with Crippen molar-refractivity contribution < 1.29 is 19.0 Å². The van der Waals surface area contributed by atoms with Gasteiger partial charge in [-0.05, 0) is 44.7 Å². The van der Waals surface area contributed by atoms with Crippen LogP contribution in [0.2, 0.25) is 0 Å². The van der Waals surface area contributed by atoms with Crippen LogP contribution in [0.1, 0.15) is 43.1 Å². The lowest BCUT2D eigenvalue weighted by Gasteiger charge is -2.33. The van der Waals surface area contributed by atoms with Crippen molar-refractivity contribution in [3.8, 4) is 0 Å². The van der Waals surface area contributed by atoms with E-state index >= 15 is 0 Å². The molecule has 4 rings (SSSR count). The third-order valence-corrected chi connectivity index (χ3v) is 5.89. The number of nitrogens with one attached hydrogen (secondary N) is 1. The molecule has 31 heavy (non-hydrogen) atoms. The monoisotopic (exact) mass is 428 g/mol. The molecule has 2 saturated heterocycles. The maximum absolute atomic E-state index is 12.2. The highest BCUT2D eigenvalue weighted by molar-refractivity contribution is 5.97. The Morgan fingerprint density at radius 3 is 2.52 bits per heavy atom. The number of piperidine rings is 1. The van der Waals surface area contributed by atoms with Crippen LogP contribution in [0.3, 0.4) is 0 Å². The summed E-state index contributed by atoms with van der Waals surface area (Å²) in [7, 11) is 0. The second-order valence-corrected chi connectivity index (χ2v) is 8.03.